The molecule has 2 N–H and O–H groups in total. The van der Waals surface area contributed by atoms with Gasteiger partial charge in [-0.2, -0.15) is 0 Å². The van der Waals surface area contributed by atoms with Gasteiger partial charge < -0.3 is 14.8 Å². The maximum atomic E-state index is 12.1. The van der Waals surface area contributed by atoms with Crippen LogP contribution in [0.3, 0.4) is 0 Å². The molecule has 0 radical (unpaired) electrons. The molecule has 24 heavy (non-hydrogen) atoms. The van der Waals surface area contributed by atoms with E-state index in [1.54, 1.807) is 31.4 Å². The molecule has 2 amide bonds. The van der Waals surface area contributed by atoms with Crippen LogP contribution >= 0.6 is 0 Å². The van der Waals surface area contributed by atoms with Crippen molar-refractivity contribution in [2.75, 3.05) is 14.2 Å². The zero-order valence-corrected chi connectivity index (χ0v) is 14.1. The molecule has 0 aliphatic heterocycles. The first-order chi connectivity index (χ1) is 11.4. The standard InChI is InChI=1S/C16H18N2O5S/c1-22-13-5-3-12(4-6-13)11-17-16(19)18-24(20,21)15-9-7-14(23-2)8-10-15/h3-10H,11H2,1-2H3,(H2,17,18,19). The summed E-state index contributed by atoms with van der Waals surface area (Å²) in [4.78, 5) is 11.8. The van der Waals surface area contributed by atoms with Crippen molar-refractivity contribution in [1.82, 2.24) is 10.0 Å². The molecule has 0 bridgehead atoms. The monoisotopic (exact) mass is 350 g/mol. The molecule has 2 aromatic rings. The fourth-order valence-corrected chi connectivity index (χ4v) is 2.83. The van der Waals surface area contributed by atoms with Gasteiger partial charge in [0, 0.05) is 6.54 Å². The Bertz CT molecular complexity index is 786. The number of benzene rings is 2. The first-order valence-corrected chi connectivity index (χ1v) is 8.50. The van der Waals surface area contributed by atoms with E-state index in [9.17, 15) is 13.2 Å². The third-order valence-corrected chi connectivity index (χ3v) is 4.56. The Morgan fingerprint density at radius 1 is 0.917 bits per heavy atom. The number of methoxy groups -OCH3 is 2. The van der Waals surface area contributed by atoms with Gasteiger partial charge >= 0.3 is 6.03 Å². The van der Waals surface area contributed by atoms with Gasteiger partial charge in [0.2, 0.25) is 0 Å². The molecular formula is C16H18N2O5S. The normalized spacial score (nSPS) is 10.8. The summed E-state index contributed by atoms with van der Waals surface area (Å²) in [6.07, 6.45) is 0. The number of rotatable bonds is 6. The van der Waals surface area contributed by atoms with E-state index in [4.69, 9.17) is 9.47 Å². The van der Waals surface area contributed by atoms with Crippen molar-refractivity contribution < 1.29 is 22.7 Å². The van der Waals surface area contributed by atoms with Gasteiger partial charge in [0.05, 0.1) is 19.1 Å². The van der Waals surface area contributed by atoms with Gasteiger partial charge in [0.25, 0.3) is 10.0 Å². The van der Waals surface area contributed by atoms with Gasteiger partial charge in [0.15, 0.2) is 0 Å². The van der Waals surface area contributed by atoms with Crippen molar-refractivity contribution in [3.05, 3.63) is 54.1 Å². The lowest BCUT2D eigenvalue weighted by atomic mass is 10.2. The van der Waals surface area contributed by atoms with E-state index in [2.05, 4.69) is 5.32 Å². The van der Waals surface area contributed by atoms with E-state index in [1.165, 1.54) is 31.4 Å². The lowest BCUT2D eigenvalue weighted by Gasteiger charge is -2.09. The first kappa shape index (κ1) is 17.6. The molecule has 8 heteroatoms. The van der Waals surface area contributed by atoms with Crippen LogP contribution in [0.1, 0.15) is 5.56 Å². The van der Waals surface area contributed by atoms with Crippen LogP contribution in [0.25, 0.3) is 0 Å². The zero-order chi connectivity index (χ0) is 17.6. The summed E-state index contributed by atoms with van der Waals surface area (Å²) in [6, 6.07) is 12.0. The highest BCUT2D eigenvalue weighted by Crippen LogP contribution is 2.15. The van der Waals surface area contributed by atoms with Crippen LogP contribution in [0.2, 0.25) is 0 Å². The van der Waals surface area contributed by atoms with Crippen LogP contribution in [0.4, 0.5) is 4.79 Å². The summed E-state index contributed by atoms with van der Waals surface area (Å²) >= 11 is 0. The van der Waals surface area contributed by atoms with Crippen LogP contribution < -0.4 is 19.5 Å². The molecule has 2 aromatic carbocycles. The van der Waals surface area contributed by atoms with E-state index in [0.717, 1.165) is 5.56 Å². The number of ether oxygens (including phenoxy) is 2. The van der Waals surface area contributed by atoms with Crippen molar-refractivity contribution >= 4 is 16.1 Å². The van der Waals surface area contributed by atoms with Crippen molar-refractivity contribution in [3.8, 4) is 11.5 Å². The minimum atomic E-state index is -3.94. The minimum Gasteiger partial charge on any atom is -0.497 e. The van der Waals surface area contributed by atoms with Gasteiger partial charge in [-0.3, -0.25) is 0 Å². The second kappa shape index (κ2) is 7.69. The number of amides is 2. The molecule has 128 valence electrons. The van der Waals surface area contributed by atoms with Gasteiger partial charge in [-0.05, 0) is 42.0 Å². The SMILES string of the molecule is COc1ccc(CNC(=O)NS(=O)(=O)c2ccc(OC)cc2)cc1. The molecule has 0 saturated carbocycles. The van der Waals surface area contributed by atoms with E-state index >= 15 is 0 Å². The Kier molecular flexibility index (Phi) is 5.64. The predicted molar refractivity (Wildman–Crippen MR) is 88.5 cm³/mol. The lowest BCUT2D eigenvalue weighted by Crippen LogP contribution is -2.39. The Balaban J connectivity index is 1.94. The average Bonchev–Trinajstić information content (AvgIpc) is 2.60. The molecule has 0 spiro atoms. The number of nitrogens with one attached hydrogen (secondary N) is 2. The molecule has 0 heterocycles. The van der Waals surface area contributed by atoms with Crippen LogP contribution in [0.5, 0.6) is 11.5 Å². The molecular weight excluding hydrogens is 332 g/mol. The van der Waals surface area contributed by atoms with Crippen molar-refractivity contribution in [2.24, 2.45) is 0 Å². The van der Waals surface area contributed by atoms with Crippen molar-refractivity contribution in [3.63, 3.8) is 0 Å². The second-order valence-corrected chi connectivity index (χ2v) is 6.49. The third kappa shape index (κ3) is 4.63. The summed E-state index contributed by atoms with van der Waals surface area (Å²) in [7, 11) is -0.896. The number of hydrogen-bond acceptors (Lipinski definition) is 5. The highest BCUT2D eigenvalue weighted by Gasteiger charge is 2.17. The Labute approximate surface area is 140 Å². The van der Waals surface area contributed by atoms with Crippen molar-refractivity contribution in [2.45, 2.75) is 11.4 Å². The van der Waals surface area contributed by atoms with E-state index in [0.29, 0.717) is 11.5 Å². The highest BCUT2D eigenvalue weighted by atomic mass is 32.2. The van der Waals surface area contributed by atoms with Gasteiger partial charge in [-0.1, -0.05) is 12.1 Å². The highest BCUT2D eigenvalue weighted by molar-refractivity contribution is 7.90. The van der Waals surface area contributed by atoms with E-state index < -0.39 is 16.1 Å². The Morgan fingerprint density at radius 3 is 1.92 bits per heavy atom. The summed E-state index contributed by atoms with van der Waals surface area (Å²) in [5.41, 5.74) is 0.813. The molecule has 0 aromatic heterocycles. The summed E-state index contributed by atoms with van der Waals surface area (Å²) < 4.78 is 36.2. The molecule has 0 fully saturated rings. The fourth-order valence-electron chi connectivity index (χ4n) is 1.90. The molecule has 0 unspecified atom stereocenters. The van der Waals surface area contributed by atoms with E-state index in [-0.39, 0.29) is 11.4 Å². The van der Waals surface area contributed by atoms with Gasteiger partial charge in [0.1, 0.15) is 11.5 Å². The van der Waals surface area contributed by atoms with Crippen molar-refractivity contribution in [1.29, 1.82) is 0 Å². The maximum absolute atomic E-state index is 12.1. The first-order valence-electron chi connectivity index (χ1n) is 7.02. The molecule has 0 atom stereocenters. The van der Waals surface area contributed by atoms with Gasteiger partial charge in [-0.15, -0.1) is 0 Å². The summed E-state index contributed by atoms with van der Waals surface area (Å²) in [6.45, 7) is 0.188. The van der Waals surface area contributed by atoms with Crippen LogP contribution in [0, 0.1) is 0 Å². The second-order valence-electron chi connectivity index (χ2n) is 4.81. The number of carbonyl (C=O) groups excluding carboxylic acids is 1. The van der Waals surface area contributed by atoms with E-state index in [1.807, 2.05) is 4.72 Å². The fraction of sp³-hybridized carbons (Fsp3) is 0.188. The number of carbonyl (C=O) groups is 1. The Hall–Kier alpha value is -2.74. The number of urea groups is 1. The summed E-state index contributed by atoms with van der Waals surface area (Å²) in [5, 5.41) is 2.49. The average molecular weight is 350 g/mol. The Morgan fingerprint density at radius 2 is 1.42 bits per heavy atom. The summed E-state index contributed by atoms with van der Waals surface area (Å²) in [5.74, 6) is 1.23. The zero-order valence-electron chi connectivity index (χ0n) is 13.3. The lowest BCUT2D eigenvalue weighted by molar-refractivity contribution is 0.245. The van der Waals surface area contributed by atoms with Crippen LogP contribution in [-0.4, -0.2) is 28.7 Å². The topological polar surface area (TPSA) is 93.7 Å². The predicted octanol–water partition coefficient (Wildman–Crippen LogP) is 1.89. The smallest absolute Gasteiger partial charge is 0.328 e. The number of sulfonamides is 1. The van der Waals surface area contributed by atoms with Gasteiger partial charge in [-0.25, -0.2) is 17.9 Å². The van der Waals surface area contributed by atoms with Crippen LogP contribution in [0.15, 0.2) is 53.4 Å². The maximum Gasteiger partial charge on any atom is 0.328 e. The molecule has 2 rings (SSSR count). The quantitative estimate of drug-likeness (QED) is 0.830. The van der Waals surface area contributed by atoms with Crippen LogP contribution in [-0.2, 0) is 16.6 Å². The molecule has 7 nitrogen and oxygen atoms in total. The minimum absolute atomic E-state index is 0.0251. The molecule has 0 aliphatic rings. The molecule has 0 aliphatic carbocycles. The molecule has 0 saturated heterocycles. The third-order valence-electron chi connectivity index (χ3n) is 3.21. The largest absolute Gasteiger partial charge is 0.497 e. The number of hydrogen-bond donors (Lipinski definition) is 2.